The minimum atomic E-state index is -0.887. The maximum absolute atomic E-state index is 11.3. The summed E-state index contributed by atoms with van der Waals surface area (Å²) in [6, 6.07) is 0. The number of carbonyl (C=O) groups is 2. The summed E-state index contributed by atoms with van der Waals surface area (Å²) in [6.07, 6.45) is 1.95. The quantitative estimate of drug-likeness (QED) is 0.682. The number of carbonyl (C=O) groups excluding carboxylic acids is 1. The maximum atomic E-state index is 11.3. The summed E-state index contributed by atoms with van der Waals surface area (Å²) in [5.74, 6) is -1.60. The molecule has 2 N–H and O–H groups in total. The van der Waals surface area contributed by atoms with Gasteiger partial charge in [0.1, 0.15) is 0 Å². The minimum Gasteiger partial charge on any atom is -0.481 e. The van der Waals surface area contributed by atoms with Crippen LogP contribution in [-0.4, -0.2) is 33.7 Å². The molecule has 6 heteroatoms. The summed E-state index contributed by atoms with van der Waals surface area (Å²) in [5, 5.41) is 15.5. The zero-order valence-electron chi connectivity index (χ0n) is 8.23. The standard InChI is InChI=1S/C9H11N3O3/c1-5(13)12-4-6(9(14)15)2-7-8(12)3-10-11-7/h3,6H,2,4H2,1H3,(H,10,11)(H,14,15). The van der Waals surface area contributed by atoms with Gasteiger partial charge in [-0.1, -0.05) is 0 Å². The van der Waals surface area contributed by atoms with Crippen LogP contribution < -0.4 is 4.90 Å². The number of hydrogen-bond donors (Lipinski definition) is 2. The van der Waals surface area contributed by atoms with E-state index in [-0.39, 0.29) is 12.5 Å². The normalized spacial score (nSPS) is 19.8. The Labute approximate surface area is 85.9 Å². The molecule has 2 rings (SSSR count). The lowest BCUT2D eigenvalue weighted by Gasteiger charge is -2.29. The number of fused-ring (bicyclic) bond motifs is 1. The fraction of sp³-hybridized carbons (Fsp3) is 0.444. The number of amides is 1. The average Bonchev–Trinajstić information content (AvgIpc) is 2.62. The predicted octanol–water partition coefficient (Wildman–Crippen LogP) is 0.0195. The molecule has 80 valence electrons. The van der Waals surface area contributed by atoms with E-state index in [4.69, 9.17) is 5.11 Å². The van der Waals surface area contributed by atoms with Crippen molar-refractivity contribution in [3.8, 4) is 0 Å². The summed E-state index contributed by atoms with van der Waals surface area (Å²) < 4.78 is 0. The highest BCUT2D eigenvalue weighted by Gasteiger charge is 2.32. The first-order valence-electron chi connectivity index (χ1n) is 4.62. The largest absolute Gasteiger partial charge is 0.481 e. The fourth-order valence-corrected chi connectivity index (χ4v) is 1.78. The summed E-state index contributed by atoms with van der Waals surface area (Å²) in [7, 11) is 0. The van der Waals surface area contributed by atoms with Crippen LogP contribution in [0.5, 0.6) is 0 Å². The van der Waals surface area contributed by atoms with E-state index in [1.807, 2.05) is 0 Å². The minimum absolute atomic E-state index is 0.163. The first-order valence-corrected chi connectivity index (χ1v) is 4.62. The van der Waals surface area contributed by atoms with E-state index in [0.29, 0.717) is 17.8 Å². The number of hydrogen-bond acceptors (Lipinski definition) is 3. The van der Waals surface area contributed by atoms with Gasteiger partial charge in [0.05, 0.1) is 23.5 Å². The van der Waals surface area contributed by atoms with E-state index in [0.717, 1.165) is 0 Å². The molecule has 1 aromatic heterocycles. The Morgan fingerprint density at radius 1 is 1.67 bits per heavy atom. The second-order valence-electron chi connectivity index (χ2n) is 3.60. The van der Waals surface area contributed by atoms with Gasteiger partial charge in [-0.3, -0.25) is 14.7 Å². The SMILES string of the molecule is CC(=O)N1CC(C(=O)O)Cc2[nH]ncc21. The molecular weight excluding hydrogens is 198 g/mol. The second kappa shape index (κ2) is 3.38. The van der Waals surface area contributed by atoms with Gasteiger partial charge in [-0.15, -0.1) is 0 Å². The lowest BCUT2D eigenvalue weighted by Crippen LogP contribution is -2.41. The summed E-state index contributed by atoms with van der Waals surface area (Å²) in [4.78, 5) is 23.6. The van der Waals surface area contributed by atoms with Crippen molar-refractivity contribution in [3.63, 3.8) is 0 Å². The fourth-order valence-electron chi connectivity index (χ4n) is 1.78. The Morgan fingerprint density at radius 2 is 2.40 bits per heavy atom. The van der Waals surface area contributed by atoms with Crippen molar-refractivity contribution < 1.29 is 14.7 Å². The van der Waals surface area contributed by atoms with E-state index < -0.39 is 11.9 Å². The molecule has 2 heterocycles. The van der Waals surface area contributed by atoms with Crippen LogP contribution in [0.4, 0.5) is 5.69 Å². The first kappa shape index (κ1) is 9.70. The van der Waals surface area contributed by atoms with Crippen molar-refractivity contribution in [1.82, 2.24) is 10.2 Å². The summed E-state index contributed by atoms with van der Waals surface area (Å²) >= 11 is 0. The van der Waals surface area contributed by atoms with Gasteiger partial charge in [0.15, 0.2) is 0 Å². The molecule has 0 aromatic carbocycles. The van der Waals surface area contributed by atoms with Crippen LogP contribution >= 0.6 is 0 Å². The lowest BCUT2D eigenvalue weighted by atomic mass is 9.97. The van der Waals surface area contributed by atoms with E-state index in [9.17, 15) is 9.59 Å². The topological polar surface area (TPSA) is 86.3 Å². The summed E-state index contributed by atoms with van der Waals surface area (Å²) in [6.45, 7) is 1.64. The third-order valence-electron chi connectivity index (χ3n) is 2.57. The number of carboxylic acid groups (broad SMARTS) is 1. The number of aliphatic carboxylic acids is 1. The molecule has 1 atom stereocenters. The van der Waals surface area contributed by atoms with Crippen LogP contribution in [0.15, 0.2) is 6.20 Å². The molecule has 0 fully saturated rings. The molecule has 0 spiro atoms. The molecule has 6 nitrogen and oxygen atoms in total. The van der Waals surface area contributed by atoms with Gasteiger partial charge in [-0.25, -0.2) is 0 Å². The highest BCUT2D eigenvalue weighted by molar-refractivity contribution is 5.93. The van der Waals surface area contributed by atoms with E-state index in [2.05, 4.69) is 10.2 Å². The highest BCUT2D eigenvalue weighted by Crippen LogP contribution is 2.27. The Hall–Kier alpha value is -1.85. The molecule has 1 aliphatic heterocycles. The molecule has 0 saturated carbocycles. The number of rotatable bonds is 1. The Bertz CT molecular complexity index is 412. The molecule has 1 amide bonds. The van der Waals surface area contributed by atoms with Gasteiger partial charge >= 0.3 is 5.97 Å². The van der Waals surface area contributed by atoms with Gasteiger partial charge in [0, 0.05) is 19.9 Å². The molecule has 15 heavy (non-hydrogen) atoms. The molecule has 0 saturated heterocycles. The molecule has 1 unspecified atom stereocenters. The molecule has 1 aromatic rings. The van der Waals surface area contributed by atoms with E-state index >= 15 is 0 Å². The zero-order valence-corrected chi connectivity index (χ0v) is 8.23. The first-order chi connectivity index (χ1) is 7.09. The Morgan fingerprint density at radius 3 is 3.00 bits per heavy atom. The van der Waals surface area contributed by atoms with Gasteiger partial charge in [-0.2, -0.15) is 5.10 Å². The van der Waals surface area contributed by atoms with E-state index in [1.54, 1.807) is 6.20 Å². The maximum Gasteiger partial charge on any atom is 0.308 e. The lowest BCUT2D eigenvalue weighted by molar-refractivity contribution is -0.141. The molecular formula is C9H11N3O3. The average molecular weight is 209 g/mol. The van der Waals surface area contributed by atoms with Crippen molar-refractivity contribution in [2.75, 3.05) is 11.4 Å². The molecule has 0 radical (unpaired) electrons. The van der Waals surface area contributed by atoms with Crippen LogP contribution in [0.1, 0.15) is 12.6 Å². The van der Waals surface area contributed by atoms with Crippen molar-refractivity contribution >= 4 is 17.6 Å². The summed E-state index contributed by atoms with van der Waals surface area (Å²) in [5.41, 5.74) is 1.41. The van der Waals surface area contributed by atoms with Crippen molar-refractivity contribution in [1.29, 1.82) is 0 Å². The third-order valence-corrected chi connectivity index (χ3v) is 2.57. The van der Waals surface area contributed by atoms with Gasteiger partial charge in [0.25, 0.3) is 0 Å². The third kappa shape index (κ3) is 1.58. The van der Waals surface area contributed by atoms with Crippen molar-refractivity contribution in [2.24, 2.45) is 5.92 Å². The van der Waals surface area contributed by atoms with Gasteiger partial charge in [0.2, 0.25) is 5.91 Å². The van der Waals surface area contributed by atoms with Crippen LogP contribution in [0.3, 0.4) is 0 Å². The number of aromatic amines is 1. The van der Waals surface area contributed by atoms with E-state index in [1.165, 1.54) is 11.8 Å². The Kier molecular flexibility index (Phi) is 2.18. The number of aromatic nitrogens is 2. The number of carboxylic acids is 1. The zero-order chi connectivity index (χ0) is 11.0. The van der Waals surface area contributed by atoms with Crippen LogP contribution in [-0.2, 0) is 16.0 Å². The smallest absolute Gasteiger partial charge is 0.308 e. The predicted molar refractivity (Wildman–Crippen MR) is 51.4 cm³/mol. The molecule has 1 aliphatic rings. The molecule has 0 bridgehead atoms. The monoisotopic (exact) mass is 209 g/mol. The van der Waals surface area contributed by atoms with Gasteiger partial charge in [-0.05, 0) is 0 Å². The molecule has 0 aliphatic carbocycles. The highest BCUT2D eigenvalue weighted by atomic mass is 16.4. The number of H-pyrrole nitrogens is 1. The number of nitrogens with zero attached hydrogens (tertiary/aromatic N) is 2. The van der Waals surface area contributed by atoms with Crippen LogP contribution in [0.25, 0.3) is 0 Å². The number of anilines is 1. The van der Waals surface area contributed by atoms with Crippen LogP contribution in [0.2, 0.25) is 0 Å². The van der Waals surface area contributed by atoms with Gasteiger partial charge < -0.3 is 10.0 Å². The van der Waals surface area contributed by atoms with Crippen LogP contribution in [0, 0.1) is 5.92 Å². The second-order valence-corrected chi connectivity index (χ2v) is 3.60. The number of nitrogens with one attached hydrogen (secondary N) is 1. The Balaban J connectivity index is 2.35. The van der Waals surface area contributed by atoms with Crippen molar-refractivity contribution in [3.05, 3.63) is 11.9 Å². The van der Waals surface area contributed by atoms with Crippen molar-refractivity contribution in [2.45, 2.75) is 13.3 Å².